The maximum absolute atomic E-state index is 10.8. The molecular weight excluding hydrogens is 170 g/mol. The van der Waals surface area contributed by atoms with Gasteiger partial charge in [0.2, 0.25) is 0 Å². The molecule has 1 saturated carbocycles. The number of carbonyl (C=O) groups is 1. The Balaban J connectivity index is 2.84. The van der Waals surface area contributed by atoms with E-state index in [1.54, 1.807) is 0 Å². The summed E-state index contributed by atoms with van der Waals surface area (Å²) in [5, 5.41) is 7.56. The monoisotopic (exact) mass is 179 g/mol. The van der Waals surface area contributed by atoms with Crippen LogP contribution in [0.15, 0.2) is 0 Å². The van der Waals surface area contributed by atoms with Crippen molar-refractivity contribution < 1.29 is 18.3 Å². The van der Waals surface area contributed by atoms with E-state index in [0.29, 0.717) is 0 Å². The molecule has 6 heteroatoms. The number of aliphatic carboxylic acids is 1. The van der Waals surface area contributed by atoms with Gasteiger partial charge < -0.3 is 10.8 Å². The number of hydrogen-bond donors (Lipinski definition) is 2. The van der Waals surface area contributed by atoms with Crippen LogP contribution in [0.1, 0.15) is 6.42 Å². The number of nitrogens with two attached hydrogens (primary N) is 1. The van der Waals surface area contributed by atoms with E-state index < -0.39 is 26.6 Å². The van der Waals surface area contributed by atoms with Gasteiger partial charge in [-0.2, -0.15) is 0 Å². The summed E-state index contributed by atoms with van der Waals surface area (Å²) in [6, 6.07) is 0. The molecule has 3 N–H and O–H groups in total. The summed E-state index contributed by atoms with van der Waals surface area (Å²) >= 11 is 0. The minimum absolute atomic E-state index is 0.0289. The third-order valence-electron chi connectivity index (χ3n) is 1.85. The van der Waals surface area contributed by atoms with E-state index in [1.807, 2.05) is 0 Å². The smallest absolute Gasteiger partial charge is 0.325 e. The second-order valence-electron chi connectivity index (χ2n) is 2.87. The van der Waals surface area contributed by atoms with Gasteiger partial charge in [0.1, 0.15) is 5.54 Å². The number of sulfone groups is 1. The molecule has 0 saturated heterocycles. The van der Waals surface area contributed by atoms with Crippen molar-refractivity contribution in [2.75, 3.05) is 6.26 Å². The molecule has 0 aromatic rings. The molecule has 0 spiro atoms. The Morgan fingerprint density at radius 3 is 2.27 bits per heavy atom. The summed E-state index contributed by atoms with van der Waals surface area (Å²) in [5.74, 6) is -1.24. The molecule has 0 amide bonds. The lowest BCUT2D eigenvalue weighted by Crippen LogP contribution is -2.38. The Bertz CT molecular complexity index is 296. The van der Waals surface area contributed by atoms with E-state index in [-0.39, 0.29) is 6.42 Å². The van der Waals surface area contributed by atoms with E-state index in [0.717, 1.165) is 6.26 Å². The quantitative estimate of drug-likeness (QED) is 0.542. The van der Waals surface area contributed by atoms with Crippen LogP contribution in [0.5, 0.6) is 0 Å². The zero-order chi connectivity index (χ0) is 8.86. The minimum Gasteiger partial charge on any atom is -0.480 e. The van der Waals surface area contributed by atoms with Gasteiger partial charge in [-0.15, -0.1) is 0 Å². The zero-order valence-corrected chi connectivity index (χ0v) is 6.76. The average Bonchev–Trinajstić information content (AvgIpc) is 2.41. The zero-order valence-electron chi connectivity index (χ0n) is 5.94. The van der Waals surface area contributed by atoms with Crippen LogP contribution in [0.3, 0.4) is 0 Å². The molecule has 11 heavy (non-hydrogen) atoms. The summed E-state index contributed by atoms with van der Waals surface area (Å²) in [7, 11) is -3.29. The van der Waals surface area contributed by atoms with E-state index in [9.17, 15) is 13.2 Å². The molecule has 1 aliphatic rings. The molecule has 0 aromatic heterocycles. The fourth-order valence-corrected chi connectivity index (χ4v) is 2.45. The molecule has 2 atom stereocenters. The highest BCUT2D eigenvalue weighted by Gasteiger charge is 2.63. The number of carboxylic acid groups (broad SMARTS) is 1. The Kier molecular flexibility index (Phi) is 1.50. The highest BCUT2D eigenvalue weighted by atomic mass is 32.2. The van der Waals surface area contributed by atoms with Gasteiger partial charge in [0, 0.05) is 6.26 Å². The maximum atomic E-state index is 10.8. The van der Waals surface area contributed by atoms with Gasteiger partial charge in [0.15, 0.2) is 9.84 Å². The van der Waals surface area contributed by atoms with Crippen LogP contribution in [0.4, 0.5) is 0 Å². The van der Waals surface area contributed by atoms with Crippen molar-refractivity contribution in [2.45, 2.75) is 17.2 Å². The molecule has 0 unspecified atom stereocenters. The first kappa shape index (κ1) is 8.48. The normalized spacial score (nSPS) is 36.7. The van der Waals surface area contributed by atoms with Gasteiger partial charge in [-0.3, -0.25) is 4.79 Å². The van der Waals surface area contributed by atoms with Gasteiger partial charge >= 0.3 is 5.97 Å². The fourth-order valence-electron chi connectivity index (χ4n) is 1.01. The van der Waals surface area contributed by atoms with Gasteiger partial charge in [0.25, 0.3) is 0 Å². The van der Waals surface area contributed by atoms with Gasteiger partial charge in [-0.25, -0.2) is 8.42 Å². The largest absolute Gasteiger partial charge is 0.480 e. The molecule has 0 aromatic carbocycles. The van der Waals surface area contributed by atoms with Crippen LogP contribution >= 0.6 is 0 Å². The lowest BCUT2D eigenvalue weighted by Gasteiger charge is -2.01. The molecule has 0 aliphatic heterocycles. The summed E-state index contributed by atoms with van der Waals surface area (Å²) in [6.07, 6.45) is 1.02. The van der Waals surface area contributed by atoms with Crippen molar-refractivity contribution >= 4 is 15.8 Å². The van der Waals surface area contributed by atoms with Crippen molar-refractivity contribution in [3.8, 4) is 0 Å². The van der Waals surface area contributed by atoms with Crippen LogP contribution in [0, 0.1) is 0 Å². The standard InChI is InChI=1S/C5H9NO4S/c1-11(9,10)3-2-5(3,6)4(7)8/h3H,2,6H2,1H3,(H,7,8)/t3-,5-/m0/s1. The highest BCUT2D eigenvalue weighted by molar-refractivity contribution is 7.91. The van der Waals surface area contributed by atoms with E-state index in [2.05, 4.69) is 0 Å². The van der Waals surface area contributed by atoms with Crippen molar-refractivity contribution in [3.63, 3.8) is 0 Å². The van der Waals surface area contributed by atoms with Crippen molar-refractivity contribution in [1.29, 1.82) is 0 Å². The minimum atomic E-state index is -3.29. The molecule has 1 fully saturated rings. The molecule has 1 rings (SSSR count). The lowest BCUT2D eigenvalue weighted by molar-refractivity contribution is -0.139. The second kappa shape index (κ2) is 1.95. The third-order valence-corrected chi connectivity index (χ3v) is 3.47. The Morgan fingerprint density at radius 2 is 2.18 bits per heavy atom. The van der Waals surface area contributed by atoms with Crippen LogP contribution in [-0.4, -0.2) is 36.5 Å². The predicted molar refractivity (Wildman–Crippen MR) is 37.8 cm³/mol. The van der Waals surface area contributed by atoms with Crippen molar-refractivity contribution in [3.05, 3.63) is 0 Å². The first-order valence-electron chi connectivity index (χ1n) is 2.99. The first-order valence-corrected chi connectivity index (χ1v) is 4.95. The maximum Gasteiger partial charge on any atom is 0.325 e. The number of carboxylic acids is 1. The Hall–Kier alpha value is -0.620. The fraction of sp³-hybridized carbons (Fsp3) is 0.800. The number of hydrogen-bond acceptors (Lipinski definition) is 4. The summed E-state index contributed by atoms with van der Waals surface area (Å²) < 4.78 is 21.5. The summed E-state index contributed by atoms with van der Waals surface area (Å²) in [4.78, 5) is 10.4. The topological polar surface area (TPSA) is 97.5 Å². The van der Waals surface area contributed by atoms with Crippen LogP contribution < -0.4 is 5.73 Å². The molecule has 1 aliphatic carbocycles. The van der Waals surface area contributed by atoms with Crippen LogP contribution in [0.25, 0.3) is 0 Å². The van der Waals surface area contributed by atoms with Gasteiger partial charge in [0.05, 0.1) is 5.25 Å². The van der Waals surface area contributed by atoms with Crippen molar-refractivity contribution in [2.24, 2.45) is 5.73 Å². The third kappa shape index (κ3) is 1.23. The SMILES string of the molecule is CS(=O)(=O)[C@H]1C[C@@]1(N)C(=O)O. The summed E-state index contributed by atoms with van der Waals surface area (Å²) in [5.41, 5.74) is 3.72. The Morgan fingerprint density at radius 1 is 1.73 bits per heavy atom. The molecule has 5 nitrogen and oxygen atoms in total. The highest BCUT2D eigenvalue weighted by Crippen LogP contribution is 2.39. The summed E-state index contributed by atoms with van der Waals surface area (Å²) in [6.45, 7) is 0. The molecular formula is C5H9NO4S. The van der Waals surface area contributed by atoms with Crippen LogP contribution in [-0.2, 0) is 14.6 Å². The van der Waals surface area contributed by atoms with E-state index >= 15 is 0 Å². The van der Waals surface area contributed by atoms with E-state index in [4.69, 9.17) is 10.8 Å². The predicted octanol–water partition coefficient (Wildman–Crippen LogP) is -1.41. The number of rotatable bonds is 2. The Labute approximate surface area is 64.1 Å². The average molecular weight is 179 g/mol. The molecule has 0 radical (unpaired) electrons. The lowest BCUT2D eigenvalue weighted by atomic mass is 10.3. The molecule has 0 bridgehead atoms. The molecule has 0 heterocycles. The van der Waals surface area contributed by atoms with E-state index in [1.165, 1.54) is 0 Å². The van der Waals surface area contributed by atoms with Crippen LogP contribution in [0.2, 0.25) is 0 Å². The molecule has 64 valence electrons. The van der Waals surface area contributed by atoms with Gasteiger partial charge in [-0.1, -0.05) is 0 Å². The second-order valence-corrected chi connectivity index (χ2v) is 5.10. The first-order chi connectivity index (χ1) is 4.78. The van der Waals surface area contributed by atoms with Crippen molar-refractivity contribution in [1.82, 2.24) is 0 Å². The van der Waals surface area contributed by atoms with Gasteiger partial charge in [-0.05, 0) is 6.42 Å².